The molecule has 0 aliphatic carbocycles. The number of nitrogens with one attached hydrogen (secondary N) is 1. The first-order valence-corrected chi connectivity index (χ1v) is 5.87. The Morgan fingerprint density at radius 1 is 1.28 bits per heavy atom. The van der Waals surface area contributed by atoms with Crippen molar-refractivity contribution < 1.29 is 8.81 Å². The van der Waals surface area contributed by atoms with Gasteiger partial charge in [-0.2, -0.15) is 5.10 Å². The Hall–Kier alpha value is -1.72. The summed E-state index contributed by atoms with van der Waals surface area (Å²) in [5, 5.41) is 7.34. The van der Waals surface area contributed by atoms with E-state index in [0.29, 0.717) is 26.9 Å². The van der Waals surface area contributed by atoms with E-state index in [1.165, 1.54) is 12.1 Å². The van der Waals surface area contributed by atoms with Crippen molar-refractivity contribution in [3.05, 3.63) is 45.9 Å². The third-order valence-corrected chi connectivity index (χ3v) is 3.02. The lowest BCUT2D eigenvalue weighted by Gasteiger charge is -1.96. The number of rotatable bonds is 1. The standard InChI is InChI=1S/C12H6ClFN2OS/c13-11-5-8(12(18)16-15-11)10-4-6-3-7(14)1-2-9(6)17-10/h1-5H,(H,16,18). The molecular weight excluding hydrogens is 275 g/mol. The SMILES string of the molecule is Fc1ccc2oc(-c3cc(Cl)n[nH]c3=S)cc2c1. The van der Waals surface area contributed by atoms with E-state index in [9.17, 15) is 4.39 Å². The number of hydrogen-bond donors (Lipinski definition) is 1. The lowest BCUT2D eigenvalue weighted by molar-refractivity contribution is 0.618. The number of benzene rings is 1. The molecule has 0 atom stereocenters. The van der Waals surface area contributed by atoms with Crippen molar-refractivity contribution >= 4 is 34.8 Å². The highest BCUT2D eigenvalue weighted by molar-refractivity contribution is 7.71. The summed E-state index contributed by atoms with van der Waals surface area (Å²) in [6, 6.07) is 7.64. The number of fused-ring (bicyclic) bond motifs is 1. The normalized spacial score (nSPS) is 11.0. The second kappa shape index (κ2) is 4.19. The summed E-state index contributed by atoms with van der Waals surface area (Å²) >= 11 is 10.9. The maximum Gasteiger partial charge on any atom is 0.150 e. The summed E-state index contributed by atoms with van der Waals surface area (Å²) in [7, 11) is 0. The van der Waals surface area contributed by atoms with Crippen molar-refractivity contribution in [2.45, 2.75) is 0 Å². The Kier molecular flexibility index (Phi) is 2.65. The van der Waals surface area contributed by atoms with Crippen molar-refractivity contribution in [2.24, 2.45) is 0 Å². The van der Waals surface area contributed by atoms with Gasteiger partial charge in [-0.15, -0.1) is 0 Å². The van der Waals surface area contributed by atoms with Crippen molar-refractivity contribution in [1.82, 2.24) is 10.2 Å². The Morgan fingerprint density at radius 2 is 2.11 bits per heavy atom. The molecular formula is C12H6ClFN2OS. The van der Waals surface area contributed by atoms with Crippen molar-refractivity contribution in [2.75, 3.05) is 0 Å². The molecule has 0 radical (unpaired) electrons. The molecule has 6 heteroatoms. The summed E-state index contributed by atoms with van der Waals surface area (Å²) in [6.45, 7) is 0. The molecule has 3 nitrogen and oxygen atoms in total. The van der Waals surface area contributed by atoms with E-state index >= 15 is 0 Å². The van der Waals surface area contributed by atoms with Crippen LogP contribution in [0.15, 0.2) is 34.7 Å². The number of aromatic nitrogens is 2. The van der Waals surface area contributed by atoms with Gasteiger partial charge in [0.15, 0.2) is 0 Å². The molecule has 0 amide bonds. The molecule has 18 heavy (non-hydrogen) atoms. The molecule has 1 aromatic carbocycles. The van der Waals surface area contributed by atoms with Crippen LogP contribution in [0, 0.1) is 10.5 Å². The maximum atomic E-state index is 13.1. The molecule has 0 bridgehead atoms. The van der Waals surface area contributed by atoms with Crippen LogP contribution in [0.25, 0.3) is 22.3 Å². The highest BCUT2D eigenvalue weighted by Crippen LogP contribution is 2.29. The van der Waals surface area contributed by atoms with Gasteiger partial charge in [-0.25, -0.2) is 4.39 Å². The first-order chi connectivity index (χ1) is 8.63. The van der Waals surface area contributed by atoms with Gasteiger partial charge in [0.25, 0.3) is 0 Å². The molecule has 1 N–H and O–H groups in total. The fourth-order valence-electron chi connectivity index (χ4n) is 1.71. The summed E-state index contributed by atoms with van der Waals surface area (Å²) in [4.78, 5) is 0. The van der Waals surface area contributed by atoms with Gasteiger partial charge >= 0.3 is 0 Å². The summed E-state index contributed by atoms with van der Waals surface area (Å²) < 4.78 is 19.1. The first-order valence-electron chi connectivity index (χ1n) is 5.08. The summed E-state index contributed by atoms with van der Waals surface area (Å²) in [6.07, 6.45) is 0. The Balaban J connectivity index is 2.25. The predicted molar refractivity (Wildman–Crippen MR) is 69.6 cm³/mol. The van der Waals surface area contributed by atoms with Crippen LogP contribution in [0.3, 0.4) is 0 Å². The zero-order valence-electron chi connectivity index (χ0n) is 8.91. The van der Waals surface area contributed by atoms with Crippen LogP contribution in [0.1, 0.15) is 0 Å². The van der Waals surface area contributed by atoms with Crippen molar-refractivity contribution in [3.8, 4) is 11.3 Å². The molecule has 0 fully saturated rings. The highest BCUT2D eigenvalue weighted by Gasteiger charge is 2.09. The van der Waals surface area contributed by atoms with E-state index in [1.54, 1.807) is 18.2 Å². The topological polar surface area (TPSA) is 41.8 Å². The Bertz CT molecular complexity index is 796. The van der Waals surface area contributed by atoms with E-state index in [0.717, 1.165) is 0 Å². The van der Waals surface area contributed by atoms with Crippen molar-refractivity contribution in [1.29, 1.82) is 0 Å². The molecule has 0 saturated carbocycles. The Morgan fingerprint density at radius 3 is 2.94 bits per heavy atom. The number of nitrogens with zero attached hydrogens (tertiary/aromatic N) is 1. The monoisotopic (exact) mass is 280 g/mol. The van der Waals surface area contributed by atoms with E-state index < -0.39 is 0 Å². The number of aromatic amines is 1. The van der Waals surface area contributed by atoms with Crippen LogP contribution in [-0.2, 0) is 0 Å². The van der Waals surface area contributed by atoms with E-state index in [-0.39, 0.29) is 11.0 Å². The smallest absolute Gasteiger partial charge is 0.150 e. The second-order valence-corrected chi connectivity index (χ2v) is 4.52. The molecule has 0 spiro atoms. The number of H-pyrrole nitrogens is 1. The zero-order valence-corrected chi connectivity index (χ0v) is 10.5. The van der Waals surface area contributed by atoms with E-state index in [1.807, 2.05) is 0 Å². The fraction of sp³-hybridized carbons (Fsp3) is 0. The van der Waals surface area contributed by atoms with Gasteiger partial charge in [-0.1, -0.05) is 23.8 Å². The first kappa shape index (κ1) is 11.4. The van der Waals surface area contributed by atoms with E-state index in [4.69, 9.17) is 28.2 Å². The number of furan rings is 1. The molecule has 2 aromatic heterocycles. The van der Waals surface area contributed by atoms with Gasteiger partial charge in [0.1, 0.15) is 27.0 Å². The zero-order chi connectivity index (χ0) is 12.7. The second-order valence-electron chi connectivity index (χ2n) is 3.73. The third-order valence-electron chi connectivity index (χ3n) is 2.52. The third kappa shape index (κ3) is 1.91. The summed E-state index contributed by atoms with van der Waals surface area (Å²) in [5.74, 6) is 0.217. The molecule has 0 saturated heterocycles. The average molecular weight is 281 g/mol. The fourth-order valence-corrected chi connectivity index (χ4v) is 2.07. The average Bonchev–Trinajstić information content (AvgIpc) is 2.74. The minimum atomic E-state index is -0.312. The van der Waals surface area contributed by atoms with Gasteiger partial charge in [-0.3, -0.25) is 5.10 Å². The maximum absolute atomic E-state index is 13.1. The minimum absolute atomic E-state index is 0.283. The molecule has 3 aromatic rings. The quantitative estimate of drug-likeness (QED) is 0.674. The van der Waals surface area contributed by atoms with Gasteiger partial charge in [0.05, 0.1) is 5.56 Å². The minimum Gasteiger partial charge on any atom is -0.456 e. The molecule has 3 rings (SSSR count). The molecule has 2 heterocycles. The number of halogens is 2. The summed E-state index contributed by atoms with van der Waals surface area (Å²) in [5.41, 5.74) is 1.22. The van der Waals surface area contributed by atoms with Gasteiger partial charge < -0.3 is 4.42 Å². The van der Waals surface area contributed by atoms with Crippen LogP contribution in [-0.4, -0.2) is 10.2 Å². The highest BCUT2D eigenvalue weighted by atomic mass is 35.5. The van der Waals surface area contributed by atoms with Crippen LogP contribution in [0.2, 0.25) is 5.15 Å². The van der Waals surface area contributed by atoms with Crippen molar-refractivity contribution in [3.63, 3.8) is 0 Å². The van der Waals surface area contributed by atoms with Gasteiger partial charge in [0.2, 0.25) is 0 Å². The van der Waals surface area contributed by atoms with Crippen LogP contribution in [0.5, 0.6) is 0 Å². The molecule has 0 aliphatic rings. The lowest BCUT2D eigenvalue weighted by Crippen LogP contribution is -1.85. The Labute approximate surface area is 111 Å². The van der Waals surface area contributed by atoms with Gasteiger partial charge in [0, 0.05) is 5.39 Å². The van der Waals surface area contributed by atoms with Gasteiger partial charge in [-0.05, 0) is 30.3 Å². The molecule has 0 unspecified atom stereocenters. The largest absolute Gasteiger partial charge is 0.456 e. The number of hydrogen-bond acceptors (Lipinski definition) is 3. The van der Waals surface area contributed by atoms with Crippen LogP contribution in [0.4, 0.5) is 4.39 Å². The molecule has 0 aliphatic heterocycles. The lowest BCUT2D eigenvalue weighted by atomic mass is 10.2. The van der Waals surface area contributed by atoms with E-state index in [2.05, 4.69) is 10.2 Å². The predicted octanol–water partition coefficient (Wildman–Crippen LogP) is 4.34. The molecule has 90 valence electrons. The van der Waals surface area contributed by atoms with Crippen LogP contribution < -0.4 is 0 Å². The van der Waals surface area contributed by atoms with Crippen LogP contribution >= 0.6 is 23.8 Å².